The van der Waals surface area contributed by atoms with Gasteiger partial charge in [-0.25, -0.2) is 0 Å². The fraction of sp³-hybridized carbons (Fsp3) is 0.975. The van der Waals surface area contributed by atoms with Gasteiger partial charge in [-0.15, -0.1) is 0 Å². The number of carbonyl (C=O) groups excluding carboxylic acids is 1. The summed E-state index contributed by atoms with van der Waals surface area (Å²) in [6.45, 7) is 15.7. The van der Waals surface area contributed by atoms with E-state index in [9.17, 15) is 15.0 Å². The second kappa shape index (κ2) is 18.0. The third kappa shape index (κ3) is 9.82. The van der Waals surface area contributed by atoms with E-state index in [4.69, 9.17) is 4.84 Å². The second-order valence-corrected chi connectivity index (χ2v) is 18.8. The van der Waals surface area contributed by atoms with Crippen LogP contribution in [-0.2, 0) is 9.63 Å². The van der Waals surface area contributed by atoms with Crippen molar-refractivity contribution in [1.29, 1.82) is 0 Å². The van der Waals surface area contributed by atoms with E-state index in [1.807, 2.05) is 5.06 Å². The number of hydrogen-bond donors (Lipinski definition) is 5. The first-order valence-corrected chi connectivity index (χ1v) is 20.5. The number of amides is 1. The van der Waals surface area contributed by atoms with E-state index in [0.717, 1.165) is 58.0 Å². The van der Waals surface area contributed by atoms with Gasteiger partial charge in [-0.05, 0) is 146 Å². The highest BCUT2D eigenvalue weighted by Gasteiger charge is 2.57. The Bertz CT molecular complexity index is 1030. The van der Waals surface area contributed by atoms with Crippen molar-refractivity contribution in [3.63, 3.8) is 0 Å². The van der Waals surface area contributed by atoms with Gasteiger partial charge in [-0.2, -0.15) is 5.06 Å². The van der Waals surface area contributed by atoms with E-state index in [-0.39, 0.29) is 18.6 Å². The number of aliphatic hydroxyl groups excluding tert-OH is 2. The lowest BCUT2D eigenvalue weighted by molar-refractivity contribution is -0.185. The van der Waals surface area contributed by atoms with Crippen LogP contribution in [0.5, 0.6) is 0 Å². The van der Waals surface area contributed by atoms with Crippen LogP contribution in [0, 0.1) is 58.7 Å². The maximum absolute atomic E-state index is 14.2. The van der Waals surface area contributed by atoms with Crippen LogP contribution in [0.15, 0.2) is 0 Å². The van der Waals surface area contributed by atoms with Crippen LogP contribution in [0.4, 0.5) is 0 Å². The lowest BCUT2D eigenvalue weighted by atomic mass is 9.45. The zero-order chi connectivity index (χ0) is 36.2. The van der Waals surface area contributed by atoms with E-state index in [0.29, 0.717) is 53.4 Å². The maximum Gasteiger partial charge on any atom is 0.240 e. The molecule has 1 aliphatic heterocycles. The van der Waals surface area contributed by atoms with Crippen LogP contribution in [0.3, 0.4) is 0 Å². The minimum absolute atomic E-state index is 0.0309. The van der Waals surface area contributed by atoms with Crippen LogP contribution in [-0.4, -0.2) is 136 Å². The highest BCUT2D eigenvalue weighted by atomic mass is 16.7. The molecule has 0 spiro atoms. The largest absolute Gasteiger partial charge is 0.394 e. The zero-order valence-electron chi connectivity index (χ0n) is 33.1. The molecule has 290 valence electrons. The van der Waals surface area contributed by atoms with Gasteiger partial charge in [0.25, 0.3) is 0 Å². The molecule has 6 aliphatic rings. The van der Waals surface area contributed by atoms with Crippen molar-refractivity contribution < 1.29 is 19.8 Å². The Balaban J connectivity index is 1.22. The fourth-order valence-corrected chi connectivity index (χ4v) is 11.2. The lowest BCUT2D eigenvalue weighted by Gasteiger charge is -2.62. The summed E-state index contributed by atoms with van der Waals surface area (Å²) in [5.41, 5.74) is 0.356. The van der Waals surface area contributed by atoms with Gasteiger partial charge in [0.05, 0.1) is 12.7 Å². The van der Waals surface area contributed by atoms with Gasteiger partial charge in [0.2, 0.25) is 5.91 Å². The SMILES string of the molecule is C[C@@H]1[C@@H](NC(=O)[C@@H]2[C@@H]([C@H](C)O)[C@H](CO)ON2CC2CCCC(C3CC(CNCCN(C)C)CC(CNCCN(C)C)C3)C2)C[C@H]2C[C@@H]1C2(C)C. The third-order valence-electron chi connectivity index (χ3n) is 14.3. The van der Waals surface area contributed by atoms with Gasteiger partial charge in [-0.3, -0.25) is 9.63 Å². The lowest BCUT2D eigenvalue weighted by Crippen LogP contribution is -2.62. The standard InChI is InChI=1S/C40H76N6O4/c1-26-34-20-33(40(34,3)4)21-35(26)43-39(49)38-37(27(2)48)36(25-47)50-46(38)24-28-10-9-11-31(17-28)32-18-29(22-41-12-14-44(5)6)16-30(19-32)23-42-13-15-45(7)8/h26-38,41-42,47-48H,9-25H2,1-8H3,(H,43,49)/t26-,27-,28?,29?,30?,31?,32?,33+,34-,35-,36-,37-,38-/m0/s1. The molecule has 0 aromatic rings. The Morgan fingerprint density at radius 3 is 2.06 bits per heavy atom. The van der Waals surface area contributed by atoms with Crippen molar-refractivity contribution in [2.45, 2.75) is 110 Å². The zero-order valence-corrected chi connectivity index (χ0v) is 33.1. The normalized spacial score (nSPS) is 39.4. The van der Waals surface area contributed by atoms with E-state index in [1.54, 1.807) is 6.92 Å². The van der Waals surface area contributed by atoms with Crippen molar-refractivity contribution in [2.24, 2.45) is 58.7 Å². The van der Waals surface area contributed by atoms with Crippen LogP contribution in [0.2, 0.25) is 0 Å². The molecular weight excluding hydrogens is 628 g/mol. The van der Waals surface area contributed by atoms with E-state index in [1.165, 1.54) is 44.9 Å². The van der Waals surface area contributed by atoms with E-state index in [2.05, 4.69) is 74.7 Å². The molecule has 5 aliphatic carbocycles. The molecule has 1 amide bonds. The fourth-order valence-electron chi connectivity index (χ4n) is 11.2. The van der Waals surface area contributed by atoms with Gasteiger partial charge < -0.3 is 36.0 Å². The number of fused-ring (bicyclic) bond motifs is 2. The van der Waals surface area contributed by atoms with Crippen molar-refractivity contribution in [3.8, 4) is 0 Å². The summed E-state index contributed by atoms with van der Waals surface area (Å²) < 4.78 is 0. The number of aliphatic hydroxyl groups is 2. The molecule has 1 saturated heterocycles. The molecule has 0 aromatic carbocycles. The Labute approximate surface area is 305 Å². The molecule has 50 heavy (non-hydrogen) atoms. The van der Waals surface area contributed by atoms with Gasteiger partial charge in [0, 0.05) is 44.7 Å². The quantitative estimate of drug-likeness (QED) is 0.146. The van der Waals surface area contributed by atoms with Gasteiger partial charge in [0.15, 0.2) is 0 Å². The number of rotatable bonds is 17. The Kier molecular flexibility index (Phi) is 14.5. The van der Waals surface area contributed by atoms with Crippen molar-refractivity contribution in [2.75, 3.05) is 80.6 Å². The monoisotopic (exact) mass is 705 g/mol. The molecule has 4 unspecified atom stereocenters. The molecule has 5 saturated carbocycles. The second-order valence-electron chi connectivity index (χ2n) is 18.8. The maximum atomic E-state index is 14.2. The van der Waals surface area contributed by atoms with Crippen LogP contribution >= 0.6 is 0 Å². The first-order valence-electron chi connectivity index (χ1n) is 20.5. The molecule has 0 radical (unpaired) electrons. The molecule has 6 rings (SSSR count). The van der Waals surface area contributed by atoms with Gasteiger partial charge in [0.1, 0.15) is 12.1 Å². The molecule has 6 fully saturated rings. The van der Waals surface area contributed by atoms with E-state index < -0.39 is 24.2 Å². The molecule has 1 heterocycles. The smallest absolute Gasteiger partial charge is 0.240 e. The number of nitrogens with one attached hydrogen (secondary N) is 3. The van der Waals surface area contributed by atoms with E-state index >= 15 is 0 Å². The first-order chi connectivity index (χ1) is 23.8. The number of likely N-dealkylation sites (N-methyl/N-ethyl adjacent to an activating group) is 2. The molecule has 12 atom stereocenters. The van der Waals surface area contributed by atoms with Crippen molar-refractivity contribution in [1.82, 2.24) is 30.8 Å². The van der Waals surface area contributed by atoms with Crippen LogP contribution < -0.4 is 16.0 Å². The third-order valence-corrected chi connectivity index (χ3v) is 14.3. The number of hydrogen-bond acceptors (Lipinski definition) is 9. The van der Waals surface area contributed by atoms with Crippen LogP contribution in [0.1, 0.15) is 85.5 Å². The van der Waals surface area contributed by atoms with Gasteiger partial charge in [-0.1, -0.05) is 33.6 Å². The molecule has 5 N–H and O–H groups in total. The Morgan fingerprint density at radius 2 is 1.52 bits per heavy atom. The number of nitrogens with zero attached hydrogens (tertiary/aromatic N) is 3. The summed E-state index contributed by atoms with van der Waals surface area (Å²) in [4.78, 5) is 25.1. The predicted octanol–water partition coefficient (Wildman–Crippen LogP) is 3.29. The summed E-state index contributed by atoms with van der Waals surface area (Å²) in [7, 11) is 8.57. The average molecular weight is 705 g/mol. The predicted molar refractivity (Wildman–Crippen MR) is 201 cm³/mol. The summed E-state index contributed by atoms with van der Waals surface area (Å²) in [5.74, 6) is 4.52. The molecule has 10 nitrogen and oxygen atoms in total. The first kappa shape index (κ1) is 40.3. The molecular formula is C40H76N6O4. The Morgan fingerprint density at radius 1 is 0.900 bits per heavy atom. The molecule has 0 aromatic heterocycles. The molecule has 10 heteroatoms. The van der Waals surface area contributed by atoms with Crippen molar-refractivity contribution >= 4 is 5.91 Å². The van der Waals surface area contributed by atoms with Gasteiger partial charge >= 0.3 is 0 Å². The summed E-state index contributed by atoms with van der Waals surface area (Å²) >= 11 is 0. The summed E-state index contributed by atoms with van der Waals surface area (Å²) in [6, 6.07) is -0.430. The Hall–Kier alpha value is -0.850. The highest BCUT2D eigenvalue weighted by molar-refractivity contribution is 5.82. The summed E-state index contributed by atoms with van der Waals surface area (Å²) in [5, 5.41) is 34.2. The van der Waals surface area contributed by atoms with Crippen LogP contribution in [0.25, 0.3) is 0 Å². The number of hydroxylamine groups is 2. The minimum Gasteiger partial charge on any atom is -0.394 e. The molecule has 2 bridgehead atoms. The van der Waals surface area contributed by atoms with Crippen molar-refractivity contribution in [3.05, 3.63) is 0 Å². The topological polar surface area (TPSA) is 113 Å². The summed E-state index contributed by atoms with van der Waals surface area (Å²) in [6.07, 6.45) is 9.71. The number of carbonyl (C=O) groups is 1. The highest BCUT2D eigenvalue weighted by Crippen LogP contribution is 2.61. The average Bonchev–Trinajstić information content (AvgIpc) is 3.44. The minimum atomic E-state index is -0.753.